The van der Waals surface area contributed by atoms with Gasteiger partial charge in [0.2, 0.25) is 0 Å². The number of amides is 1. The lowest BCUT2D eigenvalue weighted by Crippen LogP contribution is -2.44. The Bertz CT molecular complexity index is 1060. The maximum atomic E-state index is 13.0. The molecular formula is C26H28N2O5. The summed E-state index contributed by atoms with van der Waals surface area (Å²) in [6.07, 6.45) is 0.682. The van der Waals surface area contributed by atoms with Crippen LogP contribution in [0.25, 0.3) is 0 Å². The number of carbonyl (C=O) groups is 3. The molecule has 2 aliphatic heterocycles. The molecular weight excluding hydrogens is 420 g/mol. The molecule has 1 unspecified atom stereocenters. The summed E-state index contributed by atoms with van der Waals surface area (Å²) in [5.74, 6) is 0.308. The van der Waals surface area contributed by atoms with Crippen LogP contribution in [0.1, 0.15) is 46.3 Å². The van der Waals surface area contributed by atoms with Gasteiger partial charge in [-0.15, -0.1) is 0 Å². The Balaban J connectivity index is 1.23. The molecule has 2 aromatic carbocycles. The first-order valence-electron chi connectivity index (χ1n) is 11.6. The molecule has 1 aliphatic carbocycles. The summed E-state index contributed by atoms with van der Waals surface area (Å²) in [6, 6.07) is 13.4. The van der Waals surface area contributed by atoms with E-state index < -0.39 is 6.04 Å². The third kappa shape index (κ3) is 4.70. The molecule has 2 fully saturated rings. The Kier molecular flexibility index (Phi) is 6.24. The number of morpholine rings is 1. The summed E-state index contributed by atoms with van der Waals surface area (Å²) in [4.78, 5) is 40.9. The molecule has 5 rings (SSSR count). The highest BCUT2D eigenvalue weighted by molar-refractivity contribution is 6.07. The number of rotatable bonds is 6. The predicted octanol–water partition coefficient (Wildman–Crippen LogP) is 2.74. The largest absolute Gasteiger partial charge is 0.489 e. The fourth-order valence-corrected chi connectivity index (χ4v) is 4.82. The van der Waals surface area contributed by atoms with Crippen LogP contribution in [0.4, 0.5) is 0 Å². The van der Waals surface area contributed by atoms with Crippen LogP contribution in [0.2, 0.25) is 0 Å². The molecule has 33 heavy (non-hydrogen) atoms. The number of hydrogen-bond donors (Lipinski definition) is 0. The Morgan fingerprint density at radius 2 is 1.73 bits per heavy atom. The summed E-state index contributed by atoms with van der Waals surface area (Å²) in [6.45, 7) is 5.17. The SMILES string of the molecule is O=C1CCC(N2Cc3c(OCc4ccc(CN5CCOCC5)cc4)cccc3C2=O)C(=O)C1. The Morgan fingerprint density at radius 3 is 2.48 bits per heavy atom. The molecule has 0 radical (unpaired) electrons. The fourth-order valence-electron chi connectivity index (χ4n) is 4.82. The second-order valence-corrected chi connectivity index (χ2v) is 8.95. The van der Waals surface area contributed by atoms with E-state index in [9.17, 15) is 14.4 Å². The van der Waals surface area contributed by atoms with E-state index >= 15 is 0 Å². The minimum Gasteiger partial charge on any atom is -0.489 e. The molecule has 3 aliphatic rings. The van der Waals surface area contributed by atoms with Crippen LogP contribution in [0, 0.1) is 0 Å². The smallest absolute Gasteiger partial charge is 0.255 e. The number of ether oxygens (including phenoxy) is 2. The molecule has 0 aromatic heterocycles. The predicted molar refractivity (Wildman–Crippen MR) is 121 cm³/mol. The highest BCUT2D eigenvalue weighted by atomic mass is 16.5. The second kappa shape index (κ2) is 9.45. The molecule has 1 amide bonds. The van der Waals surface area contributed by atoms with E-state index in [-0.39, 0.29) is 23.9 Å². The zero-order valence-corrected chi connectivity index (χ0v) is 18.6. The first-order chi connectivity index (χ1) is 16.1. The Morgan fingerprint density at radius 1 is 0.970 bits per heavy atom. The van der Waals surface area contributed by atoms with Crippen molar-refractivity contribution >= 4 is 17.5 Å². The van der Waals surface area contributed by atoms with E-state index in [1.165, 1.54) is 5.56 Å². The molecule has 1 saturated heterocycles. The van der Waals surface area contributed by atoms with Gasteiger partial charge in [-0.05, 0) is 29.7 Å². The summed E-state index contributed by atoms with van der Waals surface area (Å²) in [5, 5.41) is 0. The summed E-state index contributed by atoms with van der Waals surface area (Å²) >= 11 is 0. The average Bonchev–Trinajstić information content (AvgIpc) is 3.16. The lowest BCUT2D eigenvalue weighted by atomic mass is 9.92. The fraction of sp³-hybridized carbons (Fsp3) is 0.423. The average molecular weight is 449 g/mol. The molecule has 0 N–H and O–H groups in total. The number of carbonyl (C=O) groups excluding carboxylic acids is 3. The third-order valence-electron chi connectivity index (χ3n) is 6.70. The van der Waals surface area contributed by atoms with Gasteiger partial charge in [0.1, 0.15) is 18.1 Å². The van der Waals surface area contributed by atoms with Crippen LogP contribution < -0.4 is 4.74 Å². The van der Waals surface area contributed by atoms with Crippen molar-refractivity contribution in [3.63, 3.8) is 0 Å². The standard InChI is InChI=1S/C26H28N2O5/c29-20-8-9-23(24(30)14-20)28-16-22-21(26(28)31)2-1-3-25(22)33-17-19-6-4-18(5-7-19)15-27-10-12-32-13-11-27/h1-7,23H,8-17H2. The van der Waals surface area contributed by atoms with Gasteiger partial charge in [0.05, 0.1) is 32.2 Å². The van der Waals surface area contributed by atoms with Gasteiger partial charge in [-0.25, -0.2) is 0 Å². The van der Waals surface area contributed by atoms with Crippen LogP contribution in [0.3, 0.4) is 0 Å². The molecule has 1 saturated carbocycles. The zero-order valence-electron chi connectivity index (χ0n) is 18.6. The number of fused-ring (bicyclic) bond motifs is 1. The summed E-state index contributed by atoms with van der Waals surface area (Å²) < 4.78 is 11.5. The lowest BCUT2D eigenvalue weighted by molar-refractivity contribution is -0.133. The molecule has 7 nitrogen and oxygen atoms in total. The maximum absolute atomic E-state index is 13.0. The highest BCUT2D eigenvalue weighted by Gasteiger charge is 2.39. The van der Waals surface area contributed by atoms with Gasteiger partial charge in [0.15, 0.2) is 5.78 Å². The van der Waals surface area contributed by atoms with Crippen molar-refractivity contribution in [2.24, 2.45) is 0 Å². The number of nitrogens with zero attached hydrogens (tertiary/aromatic N) is 2. The maximum Gasteiger partial charge on any atom is 0.255 e. The van der Waals surface area contributed by atoms with Crippen LogP contribution in [0.15, 0.2) is 42.5 Å². The van der Waals surface area contributed by atoms with E-state index in [0.29, 0.717) is 37.3 Å². The van der Waals surface area contributed by atoms with Crippen LogP contribution in [0.5, 0.6) is 5.75 Å². The number of hydrogen-bond acceptors (Lipinski definition) is 6. The molecule has 172 valence electrons. The van der Waals surface area contributed by atoms with Crippen molar-refractivity contribution in [1.82, 2.24) is 9.80 Å². The molecule has 2 heterocycles. The van der Waals surface area contributed by atoms with Gasteiger partial charge >= 0.3 is 0 Å². The zero-order chi connectivity index (χ0) is 22.8. The molecule has 7 heteroatoms. The van der Waals surface area contributed by atoms with Gasteiger partial charge in [0, 0.05) is 37.2 Å². The van der Waals surface area contributed by atoms with Crippen molar-refractivity contribution in [3.8, 4) is 5.75 Å². The number of benzene rings is 2. The van der Waals surface area contributed by atoms with Gasteiger partial charge in [-0.2, -0.15) is 0 Å². The molecule has 1 atom stereocenters. The number of ketones is 2. The Labute approximate surface area is 193 Å². The van der Waals surface area contributed by atoms with Crippen molar-refractivity contribution in [2.75, 3.05) is 26.3 Å². The van der Waals surface area contributed by atoms with Crippen molar-refractivity contribution in [2.45, 2.75) is 45.0 Å². The van der Waals surface area contributed by atoms with E-state index in [0.717, 1.165) is 44.0 Å². The third-order valence-corrected chi connectivity index (χ3v) is 6.70. The first-order valence-corrected chi connectivity index (χ1v) is 11.6. The normalized spacial score (nSPS) is 21.4. The molecule has 0 bridgehead atoms. The van der Waals surface area contributed by atoms with Gasteiger partial charge in [-0.1, -0.05) is 30.3 Å². The summed E-state index contributed by atoms with van der Waals surface area (Å²) in [5.41, 5.74) is 3.72. The van der Waals surface area contributed by atoms with E-state index in [1.807, 2.05) is 12.1 Å². The van der Waals surface area contributed by atoms with Crippen LogP contribution in [-0.2, 0) is 34.0 Å². The van der Waals surface area contributed by atoms with E-state index in [2.05, 4.69) is 29.2 Å². The van der Waals surface area contributed by atoms with Gasteiger partial charge in [0.25, 0.3) is 5.91 Å². The second-order valence-electron chi connectivity index (χ2n) is 8.95. The quantitative estimate of drug-likeness (QED) is 0.633. The van der Waals surface area contributed by atoms with Gasteiger partial charge < -0.3 is 14.4 Å². The summed E-state index contributed by atoms with van der Waals surface area (Å²) in [7, 11) is 0. The Hall–Kier alpha value is -3.03. The van der Waals surface area contributed by atoms with Crippen LogP contribution >= 0.6 is 0 Å². The topological polar surface area (TPSA) is 76.2 Å². The molecule has 0 spiro atoms. The van der Waals surface area contributed by atoms with E-state index in [4.69, 9.17) is 9.47 Å². The van der Waals surface area contributed by atoms with E-state index in [1.54, 1.807) is 11.0 Å². The minimum atomic E-state index is -0.519. The monoisotopic (exact) mass is 448 g/mol. The van der Waals surface area contributed by atoms with Crippen LogP contribution in [-0.4, -0.2) is 59.6 Å². The number of Topliss-reactive ketones (excluding diaryl/α,β-unsaturated/α-hetero) is 2. The highest BCUT2D eigenvalue weighted by Crippen LogP contribution is 2.34. The minimum absolute atomic E-state index is 0.0413. The van der Waals surface area contributed by atoms with Crippen molar-refractivity contribution in [3.05, 3.63) is 64.7 Å². The van der Waals surface area contributed by atoms with Gasteiger partial charge in [-0.3, -0.25) is 19.3 Å². The molecule has 2 aromatic rings. The van der Waals surface area contributed by atoms with Crippen molar-refractivity contribution in [1.29, 1.82) is 0 Å². The van der Waals surface area contributed by atoms with Crippen molar-refractivity contribution < 1.29 is 23.9 Å². The lowest BCUT2D eigenvalue weighted by Gasteiger charge is -2.29. The first kappa shape index (κ1) is 21.8.